The molecule has 0 bridgehead atoms. The average Bonchev–Trinajstić information content (AvgIpc) is 2.33. The van der Waals surface area contributed by atoms with Crippen LogP contribution in [0.5, 0.6) is 0 Å². The Kier molecular flexibility index (Phi) is 1.38. The third kappa shape index (κ3) is 0.940. The van der Waals surface area contributed by atoms with Crippen LogP contribution < -0.4 is 0 Å². The van der Waals surface area contributed by atoms with Crippen molar-refractivity contribution in [3.05, 3.63) is 24.3 Å². The highest BCUT2D eigenvalue weighted by Crippen LogP contribution is 2.35. The molecule has 0 N–H and O–H groups in total. The second-order valence-electron chi connectivity index (χ2n) is 2.46. The fourth-order valence-corrected chi connectivity index (χ4v) is 2.63. The Bertz CT molecular complexity index is 140. The molecular weight excluding hydrogens is 128 g/mol. The second kappa shape index (κ2) is 2.22. The van der Waals surface area contributed by atoms with E-state index in [-0.39, 0.29) is 0 Å². The van der Waals surface area contributed by atoms with Crippen LogP contribution in [0.2, 0.25) is 0 Å². The third-order valence-corrected chi connectivity index (χ3v) is 3.17. The molecule has 0 aromatic rings. The molecular formula is C8H9S. The maximum absolute atomic E-state index is 3.33. The predicted octanol–water partition coefficient (Wildman–Crippen LogP) is 2.04. The Balaban J connectivity index is 2.18. The average molecular weight is 137 g/mol. The van der Waals surface area contributed by atoms with Crippen LogP contribution in [0.15, 0.2) is 18.2 Å². The quantitative estimate of drug-likeness (QED) is 0.492. The zero-order valence-electron chi connectivity index (χ0n) is 5.21. The van der Waals surface area contributed by atoms with Crippen molar-refractivity contribution in [2.75, 3.05) is 5.75 Å². The van der Waals surface area contributed by atoms with Gasteiger partial charge in [0.05, 0.1) is 0 Å². The molecule has 2 rings (SSSR count). The van der Waals surface area contributed by atoms with Crippen LogP contribution in [-0.4, -0.2) is 11.0 Å². The van der Waals surface area contributed by atoms with Crippen molar-refractivity contribution >= 4 is 11.8 Å². The minimum Gasteiger partial charge on any atom is -0.153 e. The van der Waals surface area contributed by atoms with Crippen LogP contribution >= 0.6 is 11.8 Å². The topological polar surface area (TPSA) is 0 Å². The van der Waals surface area contributed by atoms with E-state index >= 15 is 0 Å². The molecule has 0 amide bonds. The maximum atomic E-state index is 3.33. The minimum absolute atomic E-state index is 0.690. The summed E-state index contributed by atoms with van der Waals surface area (Å²) in [6.45, 7) is 0. The van der Waals surface area contributed by atoms with E-state index in [2.05, 4.69) is 18.2 Å². The first-order valence-corrected chi connectivity index (χ1v) is 4.39. The van der Waals surface area contributed by atoms with E-state index in [1.54, 1.807) is 0 Å². The van der Waals surface area contributed by atoms with Crippen LogP contribution in [-0.2, 0) is 0 Å². The normalized spacial score (nSPS) is 39.1. The summed E-state index contributed by atoms with van der Waals surface area (Å²) in [6, 6.07) is 0. The Morgan fingerprint density at radius 1 is 1.56 bits per heavy atom. The highest BCUT2D eigenvalue weighted by Gasteiger charge is 2.24. The van der Waals surface area contributed by atoms with Crippen molar-refractivity contribution in [3.63, 3.8) is 0 Å². The lowest BCUT2D eigenvalue weighted by atomic mass is 9.98. The molecule has 9 heavy (non-hydrogen) atoms. The van der Waals surface area contributed by atoms with Crippen molar-refractivity contribution in [1.29, 1.82) is 0 Å². The van der Waals surface area contributed by atoms with E-state index < -0.39 is 0 Å². The molecule has 0 nitrogen and oxygen atoms in total. The molecule has 47 valence electrons. The number of rotatable bonds is 0. The Labute approximate surface area is 60.0 Å². The van der Waals surface area contributed by atoms with Gasteiger partial charge in [0.2, 0.25) is 0 Å². The van der Waals surface area contributed by atoms with E-state index in [4.69, 9.17) is 0 Å². The lowest BCUT2D eigenvalue weighted by molar-refractivity contribution is 0.675. The molecule has 2 aliphatic rings. The highest BCUT2D eigenvalue weighted by atomic mass is 32.2. The number of hydrogen-bond acceptors (Lipinski definition) is 1. The summed E-state index contributed by atoms with van der Waals surface area (Å²) in [5.41, 5.74) is 0. The minimum atomic E-state index is 0.690. The molecule has 0 aromatic carbocycles. The van der Waals surface area contributed by atoms with Gasteiger partial charge >= 0.3 is 0 Å². The first-order valence-electron chi connectivity index (χ1n) is 3.34. The van der Waals surface area contributed by atoms with E-state index in [1.807, 2.05) is 17.8 Å². The van der Waals surface area contributed by atoms with Gasteiger partial charge in [-0.2, -0.15) is 11.8 Å². The van der Waals surface area contributed by atoms with Gasteiger partial charge in [-0.1, -0.05) is 18.2 Å². The zero-order chi connectivity index (χ0) is 6.10. The van der Waals surface area contributed by atoms with Crippen LogP contribution in [0.4, 0.5) is 0 Å². The molecule has 2 unspecified atom stereocenters. The Morgan fingerprint density at radius 2 is 2.56 bits per heavy atom. The van der Waals surface area contributed by atoms with E-state index in [9.17, 15) is 0 Å². The number of thioether (sulfide) groups is 1. The van der Waals surface area contributed by atoms with Gasteiger partial charge in [-0.15, -0.1) is 0 Å². The van der Waals surface area contributed by atoms with Gasteiger partial charge in [-0.25, -0.2) is 0 Å². The molecule has 0 aromatic heterocycles. The third-order valence-electron chi connectivity index (χ3n) is 1.85. The zero-order valence-corrected chi connectivity index (χ0v) is 6.03. The molecule has 2 atom stereocenters. The first kappa shape index (κ1) is 5.60. The number of fused-ring (bicyclic) bond motifs is 1. The maximum Gasteiger partial charge on any atom is 0.0363 e. The smallest absolute Gasteiger partial charge is 0.0363 e. The number of allylic oxidation sites excluding steroid dienone is 3. The Hall–Kier alpha value is -0.170. The molecule has 1 aliphatic carbocycles. The molecule has 1 heterocycles. The van der Waals surface area contributed by atoms with E-state index in [0.717, 1.165) is 5.92 Å². The van der Waals surface area contributed by atoms with Crippen LogP contribution in [0.25, 0.3) is 0 Å². The van der Waals surface area contributed by atoms with Crippen molar-refractivity contribution in [1.82, 2.24) is 0 Å². The monoisotopic (exact) mass is 137 g/mol. The summed E-state index contributed by atoms with van der Waals surface area (Å²) in [6.07, 6.45) is 11.2. The molecule has 1 heteroatoms. The first-order chi connectivity index (χ1) is 4.47. The second-order valence-corrected chi connectivity index (χ2v) is 3.71. The summed E-state index contributed by atoms with van der Waals surface area (Å²) in [4.78, 5) is 0. The molecule has 1 aliphatic heterocycles. The van der Waals surface area contributed by atoms with Gasteiger partial charge in [-0.05, 0) is 24.2 Å². The van der Waals surface area contributed by atoms with Crippen LogP contribution in [0.1, 0.15) is 6.42 Å². The lowest BCUT2D eigenvalue weighted by Crippen LogP contribution is -2.07. The molecule has 1 radical (unpaired) electrons. The standard InChI is InChI=1S/C8H9S/c1-2-4-8-7(3-1)5-6-9-8/h1-3,7-8H,5-6H2. The molecule has 0 spiro atoms. The summed E-state index contributed by atoms with van der Waals surface area (Å²) in [5, 5.41) is 0.690. The van der Waals surface area contributed by atoms with Crippen molar-refractivity contribution in [2.45, 2.75) is 11.7 Å². The van der Waals surface area contributed by atoms with Gasteiger partial charge in [-0.3, -0.25) is 0 Å². The van der Waals surface area contributed by atoms with Crippen molar-refractivity contribution in [3.8, 4) is 0 Å². The van der Waals surface area contributed by atoms with Gasteiger partial charge in [0.1, 0.15) is 0 Å². The highest BCUT2D eigenvalue weighted by molar-refractivity contribution is 8.00. The van der Waals surface area contributed by atoms with Gasteiger partial charge < -0.3 is 0 Å². The number of hydrogen-bond donors (Lipinski definition) is 0. The van der Waals surface area contributed by atoms with Gasteiger partial charge in [0, 0.05) is 5.25 Å². The fraction of sp³-hybridized carbons (Fsp3) is 0.500. The van der Waals surface area contributed by atoms with Crippen LogP contribution in [0.3, 0.4) is 0 Å². The van der Waals surface area contributed by atoms with Crippen LogP contribution in [0, 0.1) is 12.0 Å². The van der Waals surface area contributed by atoms with Gasteiger partial charge in [0.25, 0.3) is 0 Å². The molecule has 1 saturated heterocycles. The van der Waals surface area contributed by atoms with E-state index in [1.165, 1.54) is 12.2 Å². The predicted molar refractivity (Wildman–Crippen MR) is 41.3 cm³/mol. The Morgan fingerprint density at radius 3 is 3.44 bits per heavy atom. The van der Waals surface area contributed by atoms with Crippen molar-refractivity contribution in [2.24, 2.45) is 5.92 Å². The summed E-state index contributed by atoms with van der Waals surface area (Å²) in [7, 11) is 0. The van der Waals surface area contributed by atoms with Gasteiger partial charge in [0.15, 0.2) is 0 Å². The fourth-order valence-electron chi connectivity index (χ4n) is 1.32. The lowest BCUT2D eigenvalue weighted by Gasteiger charge is -2.11. The summed E-state index contributed by atoms with van der Waals surface area (Å²) >= 11 is 2.03. The summed E-state index contributed by atoms with van der Waals surface area (Å²) < 4.78 is 0. The molecule has 1 fully saturated rings. The molecule has 0 saturated carbocycles. The largest absolute Gasteiger partial charge is 0.153 e. The summed E-state index contributed by atoms with van der Waals surface area (Å²) in [5.74, 6) is 2.13. The SMILES string of the molecule is [C]1=CC=CC2CCSC12. The van der Waals surface area contributed by atoms with Crippen molar-refractivity contribution < 1.29 is 0 Å². The van der Waals surface area contributed by atoms with E-state index in [0.29, 0.717) is 5.25 Å².